The van der Waals surface area contributed by atoms with Crippen LogP contribution in [-0.4, -0.2) is 66.6 Å². The molecule has 6 rings (SSSR count). The number of fused-ring (bicyclic) bond motifs is 2. The van der Waals surface area contributed by atoms with Crippen LogP contribution in [0.3, 0.4) is 0 Å². The first kappa shape index (κ1) is 23.4. The van der Waals surface area contributed by atoms with E-state index in [1.165, 1.54) is 24.8 Å². The molecule has 6 heteroatoms. The number of hydrogen-bond donors (Lipinski definition) is 1. The molecule has 2 fully saturated rings. The van der Waals surface area contributed by atoms with Crippen molar-refractivity contribution in [1.82, 2.24) is 14.8 Å². The van der Waals surface area contributed by atoms with Crippen molar-refractivity contribution < 1.29 is 14.3 Å². The van der Waals surface area contributed by atoms with Crippen LogP contribution in [-0.2, 0) is 0 Å². The van der Waals surface area contributed by atoms with E-state index in [9.17, 15) is 4.79 Å². The molecule has 2 atom stereocenters. The molecule has 3 aliphatic heterocycles. The first-order valence-electron chi connectivity index (χ1n) is 13.6. The third-order valence-electron chi connectivity index (χ3n) is 8.66. The number of carbonyl (C=O) groups excluding carboxylic acids is 1. The number of piperidine rings is 2. The number of rotatable bonds is 6. The summed E-state index contributed by atoms with van der Waals surface area (Å²) in [4.78, 5) is 21.6. The summed E-state index contributed by atoms with van der Waals surface area (Å²) in [6.45, 7) is 5.06. The largest absolute Gasteiger partial charge is 0.497 e. The first-order valence-corrected chi connectivity index (χ1v) is 13.6. The molecule has 2 aromatic carbocycles. The van der Waals surface area contributed by atoms with E-state index in [-0.39, 0.29) is 5.91 Å². The van der Waals surface area contributed by atoms with Gasteiger partial charge in [-0.3, -0.25) is 4.79 Å². The van der Waals surface area contributed by atoms with Gasteiger partial charge in [0.15, 0.2) is 0 Å². The van der Waals surface area contributed by atoms with Crippen molar-refractivity contribution in [2.75, 3.05) is 39.9 Å². The number of methoxy groups -OCH3 is 1. The molecule has 1 N–H and O–H groups in total. The van der Waals surface area contributed by atoms with Crippen LogP contribution >= 0.6 is 0 Å². The summed E-state index contributed by atoms with van der Waals surface area (Å²) in [5.41, 5.74) is 3.07. The number of H-pyrrole nitrogens is 1. The molecule has 0 aliphatic carbocycles. The predicted molar refractivity (Wildman–Crippen MR) is 142 cm³/mol. The molecule has 4 heterocycles. The lowest BCUT2D eigenvalue weighted by Crippen LogP contribution is -2.46. The van der Waals surface area contributed by atoms with Gasteiger partial charge in [0, 0.05) is 41.5 Å². The number of amides is 1. The Morgan fingerprint density at radius 1 is 1.06 bits per heavy atom. The van der Waals surface area contributed by atoms with E-state index in [1.807, 2.05) is 24.3 Å². The zero-order valence-electron chi connectivity index (χ0n) is 21.2. The minimum Gasteiger partial charge on any atom is -0.497 e. The van der Waals surface area contributed by atoms with E-state index >= 15 is 0 Å². The van der Waals surface area contributed by atoms with Gasteiger partial charge in [-0.2, -0.15) is 0 Å². The van der Waals surface area contributed by atoms with Crippen molar-refractivity contribution in [2.24, 2.45) is 5.92 Å². The number of carbonyl (C=O) groups is 1. The molecule has 2 saturated heterocycles. The molecule has 0 bridgehead atoms. The molecule has 1 unspecified atom stereocenters. The van der Waals surface area contributed by atoms with E-state index in [0.29, 0.717) is 23.6 Å². The maximum absolute atomic E-state index is 13.5. The Morgan fingerprint density at radius 3 is 2.78 bits per heavy atom. The maximum atomic E-state index is 13.5. The van der Waals surface area contributed by atoms with E-state index in [2.05, 4.69) is 39.0 Å². The number of para-hydroxylation sites is 1. The number of nitrogens with zero attached hydrogens (tertiary/aromatic N) is 2. The fourth-order valence-electron chi connectivity index (χ4n) is 6.56. The van der Waals surface area contributed by atoms with Gasteiger partial charge in [-0.05, 0) is 87.9 Å². The molecule has 6 nitrogen and oxygen atoms in total. The monoisotopic (exact) mass is 487 g/mol. The van der Waals surface area contributed by atoms with E-state index in [0.717, 1.165) is 74.5 Å². The second-order valence-electron chi connectivity index (χ2n) is 10.7. The molecule has 0 radical (unpaired) electrons. The van der Waals surface area contributed by atoms with Crippen LogP contribution in [0.4, 0.5) is 0 Å². The Morgan fingerprint density at radius 2 is 1.92 bits per heavy atom. The first-order chi connectivity index (χ1) is 17.7. The quantitative estimate of drug-likeness (QED) is 0.502. The van der Waals surface area contributed by atoms with Crippen molar-refractivity contribution in [3.63, 3.8) is 0 Å². The van der Waals surface area contributed by atoms with Gasteiger partial charge in [-0.25, -0.2) is 0 Å². The smallest absolute Gasteiger partial charge is 0.270 e. The normalized spacial score (nSPS) is 23.0. The van der Waals surface area contributed by atoms with Crippen LogP contribution < -0.4 is 9.47 Å². The molecule has 1 amide bonds. The third-order valence-corrected chi connectivity index (χ3v) is 8.66. The number of hydrogen-bond acceptors (Lipinski definition) is 4. The molecule has 190 valence electrons. The number of aromatic amines is 1. The standard InChI is InChI=1S/C30H37N3O3/c1-35-24-9-10-27-22(18-24)19-28(31-27)30(34)33-14-5-4-6-23(33)13-17-32-15-11-21(12-16-32)26-20-36-29-8-3-2-7-25(26)29/h2-3,7-10,18-19,21,23,26,31H,4-6,11-17,20H2,1H3/t23-,26?/m0/s1. The summed E-state index contributed by atoms with van der Waals surface area (Å²) in [6.07, 6.45) is 6.92. The van der Waals surface area contributed by atoms with Crippen molar-refractivity contribution in [1.29, 1.82) is 0 Å². The third kappa shape index (κ3) is 4.59. The van der Waals surface area contributed by atoms with Crippen molar-refractivity contribution in [2.45, 2.75) is 50.5 Å². The van der Waals surface area contributed by atoms with Crippen LogP contribution in [0.5, 0.6) is 11.5 Å². The zero-order valence-corrected chi connectivity index (χ0v) is 21.2. The molecule has 3 aromatic rings. The molecule has 0 saturated carbocycles. The van der Waals surface area contributed by atoms with Crippen LogP contribution in [0.25, 0.3) is 10.9 Å². The summed E-state index contributed by atoms with van der Waals surface area (Å²) in [5, 5.41) is 1.02. The summed E-state index contributed by atoms with van der Waals surface area (Å²) in [7, 11) is 1.67. The lowest BCUT2D eigenvalue weighted by atomic mass is 9.81. The molecular formula is C30H37N3O3. The number of aromatic nitrogens is 1. The molecule has 1 aromatic heterocycles. The summed E-state index contributed by atoms with van der Waals surface area (Å²) in [5.74, 6) is 3.28. The van der Waals surface area contributed by atoms with Gasteiger partial charge in [0.2, 0.25) is 0 Å². The Labute approximate surface area is 213 Å². The second-order valence-corrected chi connectivity index (χ2v) is 10.7. The number of benzene rings is 2. The van der Waals surface area contributed by atoms with Gasteiger partial charge >= 0.3 is 0 Å². The highest BCUT2D eigenvalue weighted by Crippen LogP contribution is 2.41. The fourth-order valence-corrected chi connectivity index (χ4v) is 6.56. The molecule has 0 spiro atoms. The predicted octanol–water partition coefficient (Wildman–Crippen LogP) is 5.45. The number of nitrogens with one attached hydrogen (secondary N) is 1. The number of ether oxygens (including phenoxy) is 2. The van der Waals surface area contributed by atoms with Crippen LogP contribution in [0.1, 0.15) is 60.5 Å². The average Bonchev–Trinajstić information content (AvgIpc) is 3.56. The Kier molecular flexibility index (Phi) is 6.61. The molecular weight excluding hydrogens is 450 g/mol. The van der Waals surface area contributed by atoms with Gasteiger partial charge in [0.1, 0.15) is 17.2 Å². The van der Waals surface area contributed by atoms with E-state index in [4.69, 9.17) is 9.47 Å². The second kappa shape index (κ2) is 10.2. The van der Waals surface area contributed by atoms with Crippen LogP contribution in [0.15, 0.2) is 48.5 Å². The van der Waals surface area contributed by atoms with Gasteiger partial charge in [0.25, 0.3) is 5.91 Å². The van der Waals surface area contributed by atoms with Gasteiger partial charge in [-0.15, -0.1) is 0 Å². The summed E-state index contributed by atoms with van der Waals surface area (Å²) < 4.78 is 11.3. The van der Waals surface area contributed by atoms with E-state index < -0.39 is 0 Å². The Hall–Kier alpha value is -2.99. The fraction of sp³-hybridized carbons (Fsp3) is 0.500. The molecule has 36 heavy (non-hydrogen) atoms. The van der Waals surface area contributed by atoms with Gasteiger partial charge < -0.3 is 24.3 Å². The summed E-state index contributed by atoms with van der Waals surface area (Å²) >= 11 is 0. The topological polar surface area (TPSA) is 57.8 Å². The zero-order chi connectivity index (χ0) is 24.5. The Bertz CT molecular complexity index is 1210. The number of likely N-dealkylation sites (tertiary alicyclic amines) is 2. The van der Waals surface area contributed by atoms with Crippen LogP contribution in [0.2, 0.25) is 0 Å². The van der Waals surface area contributed by atoms with Crippen molar-refractivity contribution in [3.05, 3.63) is 59.8 Å². The highest BCUT2D eigenvalue weighted by molar-refractivity contribution is 5.98. The van der Waals surface area contributed by atoms with Gasteiger partial charge in [0.05, 0.1) is 13.7 Å². The Balaban J connectivity index is 1.05. The average molecular weight is 488 g/mol. The molecule has 3 aliphatic rings. The minimum absolute atomic E-state index is 0.133. The lowest BCUT2D eigenvalue weighted by molar-refractivity contribution is 0.0566. The van der Waals surface area contributed by atoms with Crippen molar-refractivity contribution in [3.8, 4) is 11.5 Å². The summed E-state index contributed by atoms with van der Waals surface area (Å²) in [6, 6.07) is 16.7. The van der Waals surface area contributed by atoms with Crippen molar-refractivity contribution >= 4 is 16.8 Å². The van der Waals surface area contributed by atoms with Gasteiger partial charge in [-0.1, -0.05) is 18.2 Å². The maximum Gasteiger partial charge on any atom is 0.270 e. The minimum atomic E-state index is 0.133. The highest BCUT2D eigenvalue weighted by Gasteiger charge is 2.34. The van der Waals surface area contributed by atoms with E-state index in [1.54, 1.807) is 7.11 Å². The highest BCUT2D eigenvalue weighted by atomic mass is 16.5. The SMILES string of the molecule is COc1ccc2[nH]c(C(=O)N3CCCC[C@H]3CCN3CCC(C4COc5ccccc54)CC3)cc2c1. The lowest BCUT2D eigenvalue weighted by Gasteiger charge is -2.38. The van der Waals surface area contributed by atoms with Crippen LogP contribution in [0, 0.1) is 5.92 Å².